The first kappa shape index (κ1) is 11.7. The van der Waals surface area contributed by atoms with Crippen LogP contribution in [0.1, 0.15) is 39.0 Å². The third-order valence-electron chi connectivity index (χ3n) is 2.97. The fourth-order valence-corrected chi connectivity index (χ4v) is 2.47. The molecule has 0 radical (unpaired) electrons. The van der Waals surface area contributed by atoms with Crippen LogP contribution in [-0.4, -0.2) is 30.6 Å². The van der Waals surface area contributed by atoms with E-state index in [-0.39, 0.29) is 5.54 Å². The topological polar surface area (TPSA) is 29.3 Å². The number of hydrogen-bond donors (Lipinski definition) is 1. The van der Waals surface area contributed by atoms with Crippen LogP contribution in [0.5, 0.6) is 0 Å². The van der Waals surface area contributed by atoms with E-state index in [1.54, 1.807) is 0 Å². The zero-order valence-corrected chi connectivity index (χ0v) is 9.68. The highest BCUT2D eigenvalue weighted by atomic mass is 15.1. The van der Waals surface area contributed by atoms with Crippen molar-refractivity contribution in [3.8, 4) is 0 Å². The summed E-state index contributed by atoms with van der Waals surface area (Å²) in [6, 6.07) is 0. The van der Waals surface area contributed by atoms with Gasteiger partial charge in [-0.15, -0.1) is 0 Å². The molecule has 0 aromatic rings. The fourth-order valence-electron chi connectivity index (χ4n) is 2.47. The van der Waals surface area contributed by atoms with Crippen molar-refractivity contribution in [1.82, 2.24) is 4.90 Å². The molecule has 0 atom stereocenters. The predicted octanol–water partition coefficient (Wildman–Crippen LogP) is 2.16. The molecule has 1 rings (SSSR count). The molecule has 0 unspecified atom stereocenters. The summed E-state index contributed by atoms with van der Waals surface area (Å²) in [5.74, 6) is 0. The molecule has 1 fully saturated rings. The van der Waals surface area contributed by atoms with Gasteiger partial charge in [-0.3, -0.25) is 0 Å². The van der Waals surface area contributed by atoms with Crippen molar-refractivity contribution >= 4 is 0 Å². The van der Waals surface area contributed by atoms with Crippen LogP contribution in [0.3, 0.4) is 0 Å². The van der Waals surface area contributed by atoms with Gasteiger partial charge in [0, 0.05) is 18.6 Å². The van der Waals surface area contributed by atoms with Gasteiger partial charge in [0.2, 0.25) is 0 Å². The number of likely N-dealkylation sites (N-methyl/N-ethyl adjacent to an activating group) is 1. The molecular weight excluding hydrogens is 172 g/mol. The van der Waals surface area contributed by atoms with Crippen LogP contribution in [0.25, 0.3) is 0 Å². The van der Waals surface area contributed by atoms with Gasteiger partial charge < -0.3 is 10.6 Å². The summed E-state index contributed by atoms with van der Waals surface area (Å²) in [7, 11) is 2.14. The highest BCUT2D eigenvalue weighted by molar-refractivity contribution is 4.95. The Kier molecular flexibility index (Phi) is 4.14. The van der Waals surface area contributed by atoms with Crippen molar-refractivity contribution in [3.05, 3.63) is 12.2 Å². The molecule has 2 nitrogen and oxygen atoms in total. The third-order valence-corrected chi connectivity index (χ3v) is 2.97. The van der Waals surface area contributed by atoms with Crippen LogP contribution in [0.2, 0.25) is 0 Å². The molecule has 0 bridgehead atoms. The van der Waals surface area contributed by atoms with Crippen molar-refractivity contribution in [3.63, 3.8) is 0 Å². The van der Waals surface area contributed by atoms with E-state index in [1.807, 2.05) is 0 Å². The molecule has 1 aliphatic rings. The molecular formula is C12H24N2. The molecule has 0 aliphatic heterocycles. The maximum atomic E-state index is 6.36. The van der Waals surface area contributed by atoms with Crippen molar-refractivity contribution < 1.29 is 0 Å². The second-order valence-corrected chi connectivity index (χ2v) is 5.05. The largest absolute Gasteiger partial charge is 0.324 e. The second kappa shape index (κ2) is 4.94. The summed E-state index contributed by atoms with van der Waals surface area (Å²) >= 11 is 0. The zero-order chi connectivity index (χ0) is 10.6. The SMILES string of the molecule is C=C(C)CN(C)CC1(N)CCCCC1. The normalized spacial score (nSPS) is 21.1. The van der Waals surface area contributed by atoms with E-state index >= 15 is 0 Å². The minimum atomic E-state index is 0.0719. The molecule has 0 amide bonds. The van der Waals surface area contributed by atoms with Crippen molar-refractivity contribution in [1.29, 1.82) is 0 Å². The Balaban J connectivity index is 2.36. The Bertz CT molecular complexity index is 192. The van der Waals surface area contributed by atoms with E-state index in [9.17, 15) is 0 Å². The Morgan fingerprint density at radius 3 is 2.43 bits per heavy atom. The lowest BCUT2D eigenvalue weighted by Crippen LogP contribution is -2.50. The van der Waals surface area contributed by atoms with E-state index in [1.165, 1.54) is 37.7 Å². The third kappa shape index (κ3) is 3.81. The Labute approximate surface area is 88.2 Å². The molecule has 0 aromatic heterocycles. The summed E-state index contributed by atoms with van der Waals surface area (Å²) in [4.78, 5) is 2.30. The molecule has 0 aromatic carbocycles. The molecule has 14 heavy (non-hydrogen) atoms. The first-order chi connectivity index (χ1) is 6.52. The van der Waals surface area contributed by atoms with E-state index < -0.39 is 0 Å². The van der Waals surface area contributed by atoms with Crippen LogP contribution >= 0.6 is 0 Å². The number of nitrogens with two attached hydrogens (primary N) is 1. The Morgan fingerprint density at radius 2 is 1.93 bits per heavy atom. The molecule has 1 saturated carbocycles. The molecule has 2 N–H and O–H groups in total. The highest BCUT2D eigenvalue weighted by Crippen LogP contribution is 2.26. The van der Waals surface area contributed by atoms with Gasteiger partial charge in [0.05, 0.1) is 0 Å². The summed E-state index contributed by atoms with van der Waals surface area (Å²) in [6.45, 7) is 7.98. The Morgan fingerprint density at radius 1 is 1.36 bits per heavy atom. The van der Waals surface area contributed by atoms with Crippen LogP contribution in [0.15, 0.2) is 12.2 Å². The molecule has 1 aliphatic carbocycles. The summed E-state index contributed by atoms with van der Waals surface area (Å²) in [6.07, 6.45) is 6.35. The summed E-state index contributed by atoms with van der Waals surface area (Å²) in [5, 5.41) is 0. The number of hydrogen-bond acceptors (Lipinski definition) is 2. The first-order valence-electron chi connectivity index (χ1n) is 5.64. The average molecular weight is 196 g/mol. The molecule has 0 saturated heterocycles. The van der Waals surface area contributed by atoms with Gasteiger partial charge >= 0.3 is 0 Å². The van der Waals surface area contributed by atoms with Crippen molar-refractivity contribution in [2.75, 3.05) is 20.1 Å². The van der Waals surface area contributed by atoms with E-state index in [4.69, 9.17) is 5.73 Å². The van der Waals surface area contributed by atoms with Gasteiger partial charge in [-0.25, -0.2) is 0 Å². The number of nitrogens with zero attached hydrogens (tertiary/aromatic N) is 1. The molecule has 2 heteroatoms. The molecule has 0 heterocycles. The zero-order valence-electron chi connectivity index (χ0n) is 9.68. The smallest absolute Gasteiger partial charge is 0.0283 e. The van der Waals surface area contributed by atoms with Crippen LogP contribution in [-0.2, 0) is 0 Å². The minimum absolute atomic E-state index is 0.0719. The summed E-state index contributed by atoms with van der Waals surface area (Å²) in [5.41, 5.74) is 7.65. The van der Waals surface area contributed by atoms with Gasteiger partial charge in [-0.2, -0.15) is 0 Å². The van der Waals surface area contributed by atoms with Gasteiger partial charge in [0.15, 0.2) is 0 Å². The van der Waals surface area contributed by atoms with E-state index in [0.29, 0.717) is 0 Å². The maximum Gasteiger partial charge on any atom is 0.0283 e. The lowest BCUT2D eigenvalue weighted by Gasteiger charge is -2.36. The highest BCUT2D eigenvalue weighted by Gasteiger charge is 2.28. The van der Waals surface area contributed by atoms with Crippen LogP contribution in [0.4, 0.5) is 0 Å². The molecule has 82 valence electrons. The molecule has 0 spiro atoms. The van der Waals surface area contributed by atoms with Crippen molar-refractivity contribution in [2.45, 2.75) is 44.6 Å². The Hall–Kier alpha value is -0.340. The first-order valence-corrected chi connectivity index (χ1v) is 5.64. The van der Waals surface area contributed by atoms with Gasteiger partial charge in [0.1, 0.15) is 0 Å². The quantitative estimate of drug-likeness (QED) is 0.698. The van der Waals surface area contributed by atoms with Gasteiger partial charge in [-0.1, -0.05) is 31.4 Å². The van der Waals surface area contributed by atoms with E-state index in [0.717, 1.165) is 13.1 Å². The summed E-state index contributed by atoms with van der Waals surface area (Å²) < 4.78 is 0. The predicted molar refractivity (Wildman–Crippen MR) is 62.3 cm³/mol. The van der Waals surface area contributed by atoms with Crippen LogP contribution < -0.4 is 5.73 Å². The van der Waals surface area contributed by atoms with E-state index in [2.05, 4.69) is 25.5 Å². The van der Waals surface area contributed by atoms with Gasteiger partial charge in [-0.05, 0) is 26.8 Å². The van der Waals surface area contributed by atoms with Gasteiger partial charge in [0.25, 0.3) is 0 Å². The maximum absolute atomic E-state index is 6.36. The second-order valence-electron chi connectivity index (χ2n) is 5.05. The van der Waals surface area contributed by atoms with Crippen molar-refractivity contribution in [2.24, 2.45) is 5.73 Å². The van der Waals surface area contributed by atoms with Crippen LogP contribution in [0, 0.1) is 0 Å². The lowest BCUT2D eigenvalue weighted by atomic mass is 9.82. The minimum Gasteiger partial charge on any atom is -0.324 e. The number of rotatable bonds is 4. The average Bonchev–Trinajstić information content (AvgIpc) is 2.02. The monoisotopic (exact) mass is 196 g/mol. The standard InChI is InChI=1S/C12H24N2/c1-11(2)9-14(3)10-12(13)7-5-4-6-8-12/h1,4-10,13H2,2-3H3. The lowest BCUT2D eigenvalue weighted by molar-refractivity contribution is 0.207. The fraction of sp³-hybridized carbons (Fsp3) is 0.833.